The fraction of sp³-hybridized carbons (Fsp3) is 0.600. The SMILES string of the molecule is CCCC(CNC(C)C)Cc1ccc(Br)cc1Cl. The van der Waals surface area contributed by atoms with Crippen LogP contribution in [0.15, 0.2) is 22.7 Å². The van der Waals surface area contributed by atoms with Crippen LogP contribution in [0.1, 0.15) is 39.2 Å². The Hall–Kier alpha value is -0.0500. The second-order valence-electron chi connectivity index (χ2n) is 5.16. The van der Waals surface area contributed by atoms with Crippen LogP contribution in [0.5, 0.6) is 0 Å². The van der Waals surface area contributed by atoms with Crippen LogP contribution in [0, 0.1) is 5.92 Å². The lowest BCUT2D eigenvalue weighted by Gasteiger charge is -2.19. The normalized spacial score (nSPS) is 13.0. The van der Waals surface area contributed by atoms with Crippen LogP contribution < -0.4 is 5.32 Å². The van der Waals surface area contributed by atoms with E-state index in [1.54, 1.807) is 0 Å². The molecule has 0 saturated heterocycles. The molecule has 18 heavy (non-hydrogen) atoms. The summed E-state index contributed by atoms with van der Waals surface area (Å²) in [7, 11) is 0. The predicted molar refractivity (Wildman–Crippen MR) is 84.4 cm³/mol. The highest BCUT2D eigenvalue weighted by Crippen LogP contribution is 2.24. The molecule has 0 spiro atoms. The van der Waals surface area contributed by atoms with E-state index in [1.807, 2.05) is 6.07 Å². The smallest absolute Gasteiger partial charge is 0.0449 e. The van der Waals surface area contributed by atoms with Gasteiger partial charge < -0.3 is 5.32 Å². The molecular weight excluding hydrogens is 310 g/mol. The Bertz CT molecular complexity index is 366. The van der Waals surface area contributed by atoms with E-state index in [-0.39, 0.29) is 0 Å². The van der Waals surface area contributed by atoms with E-state index >= 15 is 0 Å². The van der Waals surface area contributed by atoms with Gasteiger partial charge in [0.25, 0.3) is 0 Å². The molecule has 1 aromatic rings. The molecule has 1 atom stereocenters. The molecule has 0 radical (unpaired) electrons. The molecular formula is C15H23BrClN. The molecule has 1 rings (SSSR count). The van der Waals surface area contributed by atoms with Crippen molar-refractivity contribution >= 4 is 27.5 Å². The highest BCUT2D eigenvalue weighted by Gasteiger charge is 2.11. The van der Waals surface area contributed by atoms with Gasteiger partial charge in [0.1, 0.15) is 0 Å². The molecule has 0 aliphatic rings. The topological polar surface area (TPSA) is 12.0 Å². The van der Waals surface area contributed by atoms with Gasteiger partial charge in [0.05, 0.1) is 0 Å². The van der Waals surface area contributed by atoms with Gasteiger partial charge >= 0.3 is 0 Å². The van der Waals surface area contributed by atoms with Gasteiger partial charge in [-0.1, -0.05) is 60.8 Å². The Morgan fingerprint density at radius 1 is 1.33 bits per heavy atom. The molecule has 0 saturated carbocycles. The maximum atomic E-state index is 6.29. The summed E-state index contributed by atoms with van der Waals surface area (Å²) in [6.07, 6.45) is 3.52. The molecule has 0 aliphatic carbocycles. The first-order valence-corrected chi connectivity index (χ1v) is 7.87. The lowest BCUT2D eigenvalue weighted by Crippen LogP contribution is -2.30. The molecule has 3 heteroatoms. The Labute approximate surface area is 124 Å². The van der Waals surface area contributed by atoms with Crippen LogP contribution in [0.3, 0.4) is 0 Å². The summed E-state index contributed by atoms with van der Waals surface area (Å²) < 4.78 is 1.04. The van der Waals surface area contributed by atoms with E-state index in [4.69, 9.17) is 11.6 Å². The second kappa shape index (κ2) is 8.19. The van der Waals surface area contributed by atoms with Crippen molar-refractivity contribution in [3.8, 4) is 0 Å². The van der Waals surface area contributed by atoms with E-state index in [9.17, 15) is 0 Å². The maximum Gasteiger partial charge on any atom is 0.0449 e. The minimum Gasteiger partial charge on any atom is -0.314 e. The van der Waals surface area contributed by atoms with E-state index in [0.717, 1.165) is 22.5 Å². The van der Waals surface area contributed by atoms with Crippen LogP contribution >= 0.6 is 27.5 Å². The molecule has 1 nitrogen and oxygen atoms in total. The summed E-state index contributed by atoms with van der Waals surface area (Å²) in [5.74, 6) is 0.663. The first-order chi connectivity index (χ1) is 8.52. The van der Waals surface area contributed by atoms with Crippen molar-refractivity contribution in [3.63, 3.8) is 0 Å². The molecule has 0 bridgehead atoms. The maximum absolute atomic E-state index is 6.29. The van der Waals surface area contributed by atoms with Crippen molar-refractivity contribution in [3.05, 3.63) is 33.3 Å². The van der Waals surface area contributed by atoms with Gasteiger partial charge in [-0.05, 0) is 43.0 Å². The van der Waals surface area contributed by atoms with Gasteiger partial charge in [-0.2, -0.15) is 0 Å². The van der Waals surface area contributed by atoms with E-state index in [2.05, 4.69) is 54.2 Å². The molecule has 0 amide bonds. The monoisotopic (exact) mass is 331 g/mol. The number of halogens is 2. The Balaban J connectivity index is 2.64. The molecule has 0 heterocycles. The second-order valence-corrected chi connectivity index (χ2v) is 6.48. The summed E-state index contributed by atoms with van der Waals surface area (Å²) in [6.45, 7) is 7.69. The van der Waals surface area contributed by atoms with Crippen LogP contribution in [-0.4, -0.2) is 12.6 Å². The lowest BCUT2D eigenvalue weighted by atomic mass is 9.94. The Kier molecular flexibility index (Phi) is 7.28. The third kappa shape index (κ3) is 5.73. The summed E-state index contributed by atoms with van der Waals surface area (Å²) in [5, 5.41) is 4.40. The highest BCUT2D eigenvalue weighted by molar-refractivity contribution is 9.10. The molecule has 0 aromatic heterocycles. The molecule has 0 aliphatic heterocycles. The fourth-order valence-corrected chi connectivity index (χ4v) is 2.84. The van der Waals surface area contributed by atoms with E-state index in [1.165, 1.54) is 18.4 Å². The molecule has 1 aromatic carbocycles. The third-order valence-corrected chi connectivity index (χ3v) is 3.88. The molecule has 1 unspecified atom stereocenters. The summed E-state index contributed by atoms with van der Waals surface area (Å²) in [5.41, 5.74) is 1.25. The van der Waals surface area contributed by atoms with Crippen molar-refractivity contribution in [1.82, 2.24) is 5.32 Å². The zero-order valence-electron chi connectivity index (χ0n) is 11.5. The standard InChI is InChI=1S/C15H23BrClN/c1-4-5-12(10-18-11(2)3)8-13-6-7-14(16)9-15(13)17/h6-7,9,11-12,18H,4-5,8,10H2,1-3H3. The zero-order chi connectivity index (χ0) is 13.5. The first-order valence-electron chi connectivity index (χ1n) is 6.70. The van der Waals surface area contributed by atoms with Crippen molar-refractivity contribution in [2.45, 2.75) is 46.1 Å². The highest BCUT2D eigenvalue weighted by atomic mass is 79.9. The quantitative estimate of drug-likeness (QED) is 0.736. The lowest BCUT2D eigenvalue weighted by molar-refractivity contribution is 0.418. The van der Waals surface area contributed by atoms with Crippen molar-refractivity contribution in [2.75, 3.05) is 6.54 Å². The number of nitrogens with one attached hydrogen (secondary N) is 1. The van der Waals surface area contributed by atoms with Crippen LogP contribution in [0.2, 0.25) is 5.02 Å². The third-order valence-electron chi connectivity index (χ3n) is 3.04. The van der Waals surface area contributed by atoms with Crippen LogP contribution in [0.25, 0.3) is 0 Å². The van der Waals surface area contributed by atoms with Crippen molar-refractivity contribution in [1.29, 1.82) is 0 Å². The van der Waals surface area contributed by atoms with Crippen LogP contribution in [-0.2, 0) is 6.42 Å². The average Bonchev–Trinajstić information content (AvgIpc) is 2.29. The van der Waals surface area contributed by atoms with Gasteiger partial charge in [-0.15, -0.1) is 0 Å². The Morgan fingerprint density at radius 2 is 2.06 bits per heavy atom. The number of hydrogen-bond donors (Lipinski definition) is 1. The average molecular weight is 333 g/mol. The predicted octanol–water partition coefficient (Wildman–Crippen LogP) is 5.06. The van der Waals surface area contributed by atoms with Crippen LogP contribution in [0.4, 0.5) is 0 Å². The number of hydrogen-bond acceptors (Lipinski definition) is 1. The van der Waals surface area contributed by atoms with E-state index in [0.29, 0.717) is 12.0 Å². The first kappa shape index (κ1) is 16.0. The van der Waals surface area contributed by atoms with Gasteiger partial charge in [0.15, 0.2) is 0 Å². The van der Waals surface area contributed by atoms with Crippen molar-refractivity contribution in [2.24, 2.45) is 5.92 Å². The largest absolute Gasteiger partial charge is 0.314 e. The number of benzene rings is 1. The molecule has 1 N–H and O–H groups in total. The summed E-state index contributed by atoms with van der Waals surface area (Å²) >= 11 is 9.73. The van der Waals surface area contributed by atoms with Gasteiger partial charge in [-0.25, -0.2) is 0 Å². The number of rotatable bonds is 7. The van der Waals surface area contributed by atoms with E-state index < -0.39 is 0 Å². The molecule has 0 fully saturated rings. The zero-order valence-corrected chi connectivity index (χ0v) is 13.8. The van der Waals surface area contributed by atoms with Crippen molar-refractivity contribution < 1.29 is 0 Å². The Morgan fingerprint density at radius 3 is 2.61 bits per heavy atom. The minimum absolute atomic E-state index is 0.546. The summed E-state index contributed by atoms with van der Waals surface area (Å²) in [4.78, 5) is 0. The van der Waals surface area contributed by atoms with Gasteiger partial charge in [0, 0.05) is 15.5 Å². The molecule has 102 valence electrons. The van der Waals surface area contributed by atoms with Gasteiger partial charge in [-0.3, -0.25) is 0 Å². The minimum atomic E-state index is 0.546. The van der Waals surface area contributed by atoms with Gasteiger partial charge in [0.2, 0.25) is 0 Å². The fourth-order valence-electron chi connectivity index (χ4n) is 2.09. The summed E-state index contributed by atoms with van der Waals surface area (Å²) in [6, 6.07) is 6.73.